The average molecular weight is 138 g/mol. The van der Waals surface area contributed by atoms with Crippen LogP contribution in [0.25, 0.3) is 0 Å². The largest absolute Gasteiger partial charge is 0.378 e. The summed E-state index contributed by atoms with van der Waals surface area (Å²) in [5, 5.41) is 0. The van der Waals surface area contributed by atoms with Gasteiger partial charge in [0.15, 0.2) is 0 Å². The van der Waals surface area contributed by atoms with Crippen LogP contribution in [0.4, 0.5) is 0 Å². The van der Waals surface area contributed by atoms with Crippen molar-refractivity contribution in [2.75, 3.05) is 6.61 Å². The molecule has 0 bridgehead atoms. The van der Waals surface area contributed by atoms with Crippen LogP contribution in [-0.4, -0.2) is 12.7 Å². The molecule has 0 aliphatic carbocycles. The molecule has 0 N–H and O–H groups in total. The molecule has 1 atom stereocenters. The summed E-state index contributed by atoms with van der Waals surface area (Å²) >= 11 is 0. The zero-order chi connectivity index (χ0) is 7.23. The molecule has 1 heteroatoms. The van der Waals surface area contributed by atoms with E-state index in [9.17, 15) is 0 Å². The van der Waals surface area contributed by atoms with Gasteiger partial charge in [0.25, 0.3) is 0 Å². The monoisotopic (exact) mass is 138 g/mol. The lowest BCUT2D eigenvalue weighted by atomic mass is 10.2. The molecule has 1 heterocycles. The summed E-state index contributed by atoms with van der Waals surface area (Å²) in [5.74, 6) is 0. The highest BCUT2D eigenvalue weighted by Crippen LogP contribution is 2.15. The van der Waals surface area contributed by atoms with Crippen LogP contribution in [-0.2, 0) is 4.74 Å². The Morgan fingerprint density at radius 1 is 1.60 bits per heavy atom. The number of hydrogen-bond donors (Lipinski definition) is 0. The summed E-state index contributed by atoms with van der Waals surface area (Å²) in [6.45, 7) is 4.55. The molecule has 0 aromatic heterocycles. The molecule has 10 heavy (non-hydrogen) atoms. The molecule has 1 saturated heterocycles. The van der Waals surface area contributed by atoms with Gasteiger partial charge >= 0.3 is 0 Å². The average Bonchev–Trinajstić information content (AvgIpc) is 2.41. The van der Waals surface area contributed by atoms with Crippen LogP contribution in [0.3, 0.4) is 0 Å². The van der Waals surface area contributed by atoms with E-state index in [0.29, 0.717) is 6.10 Å². The third-order valence-electron chi connectivity index (χ3n) is 1.70. The number of allylic oxidation sites excluding steroid dienone is 2. The van der Waals surface area contributed by atoms with Crippen molar-refractivity contribution in [3.05, 3.63) is 24.8 Å². The van der Waals surface area contributed by atoms with E-state index in [2.05, 4.69) is 12.7 Å². The summed E-state index contributed by atoms with van der Waals surface area (Å²) in [6, 6.07) is 0. The summed E-state index contributed by atoms with van der Waals surface area (Å²) in [5.41, 5.74) is 0. The van der Waals surface area contributed by atoms with Crippen molar-refractivity contribution < 1.29 is 4.74 Å². The molecule has 1 nitrogen and oxygen atoms in total. The van der Waals surface area contributed by atoms with Crippen LogP contribution in [0.2, 0.25) is 0 Å². The van der Waals surface area contributed by atoms with Crippen LogP contribution < -0.4 is 0 Å². The van der Waals surface area contributed by atoms with Crippen LogP contribution >= 0.6 is 0 Å². The lowest BCUT2D eigenvalue weighted by Gasteiger charge is -2.03. The van der Waals surface area contributed by atoms with Gasteiger partial charge in [-0.25, -0.2) is 0 Å². The highest BCUT2D eigenvalue weighted by atomic mass is 16.5. The maximum atomic E-state index is 5.41. The Morgan fingerprint density at radius 3 is 3.10 bits per heavy atom. The van der Waals surface area contributed by atoms with Gasteiger partial charge in [-0.05, 0) is 19.3 Å². The van der Waals surface area contributed by atoms with Crippen molar-refractivity contribution in [1.82, 2.24) is 0 Å². The van der Waals surface area contributed by atoms with E-state index in [-0.39, 0.29) is 0 Å². The first kappa shape index (κ1) is 7.55. The van der Waals surface area contributed by atoms with E-state index in [1.165, 1.54) is 12.8 Å². The SMILES string of the molecule is C=C/C=C\C[C@H]1CCCO1. The lowest BCUT2D eigenvalue weighted by molar-refractivity contribution is 0.113. The number of ether oxygens (including phenoxy) is 1. The predicted molar refractivity (Wildman–Crippen MR) is 42.9 cm³/mol. The van der Waals surface area contributed by atoms with Crippen LogP contribution in [0.15, 0.2) is 24.8 Å². The molecule has 0 aromatic rings. The molecule has 0 radical (unpaired) electrons. The first-order chi connectivity index (χ1) is 4.93. The highest BCUT2D eigenvalue weighted by Gasteiger charge is 2.12. The standard InChI is InChI=1S/C9H14O/c1-2-3-4-6-9-7-5-8-10-9/h2-4,9H,1,5-8H2/b4-3-/t9-/m0/s1. The summed E-state index contributed by atoms with van der Waals surface area (Å²) < 4.78 is 5.41. The molecule has 0 saturated carbocycles. The van der Waals surface area contributed by atoms with Gasteiger partial charge in [-0.1, -0.05) is 24.8 Å². The third-order valence-corrected chi connectivity index (χ3v) is 1.70. The maximum Gasteiger partial charge on any atom is 0.0610 e. The van der Waals surface area contributed by atoms with Gasteiger partial charge < -0.3 is 4.74 Å². The second-order valence-corrected chi connectivity index (χ2v) is 2.53. The Labute approximate surface area is 62.4 Å². The van der Waals surface area contributed by atoms with Crippen molar-refractivity contribution in [3.8, 4) is 0 Å². The zero-order valence-corrected chi connectivity index (χ0v) is 6.25. The van der Waals surface area contributed by atoms with E-state index in [1.807, 2.05) is 6.08 Å². The third kappa shape index (κ3) is 2.36. The number of hydrogen-bond acceptors (Lipinski definition) is 1. The van der Waals surface area contributed by atoms with Crippen LogP contribution in [0.5, 0.6) is 0 Å². The van der Waals surface area contributed by atoms with E-state index in [0.717, 1.165) is 13.0 Å². The lowest BCUT2D eigenvalue weighted by Crippen LogP contribution is -2.01. The normalized spacial score (nSPS) is 25.8. The zero-order valence-electron chi connectivity index (χ0n) is 6.25. The van der Waals surface area contributed by atoms with Crippen LogP contribution in [0, 0.1) is 0 Å². The Kier molecular flexibility index (Phi) is 3.23. The maximum absolute atomic E-state index is 5.41. The first-order valence-electron chi connectivity index (χ1n) is 3.82. The summed E-state index contributed by atoms with van der Waals surface area (Å²) in [4.78, 5) is 0. The summed E-state index contributed by atoms with van der Waals surface area (Å²) in [7, 11) is 0. The Hall–Kier alpha value is -0.560. The van der Waals surface area contributed by atoms with E-state index >= 15 is 0 Å². The minimum Gasteiger partial charge on any atom is -0.378 e. The fraction of sp³-hybridized carbons (Fsp3) is 0.556. The molecule has 56 valence electrons. The van der Waals surface area contributed by atoms with Gasteiger partial charge in [0.2, 0.25) is 0 Å². The molecular formula is C9H14O. The first-order valence-corrected chi connectivity index (χ1v) is 3.82. The molecular weight excluding hydrogens is 124 g/mol. The Bertz CT molecular complexity index is 121. The summed E-state index contributed by atoms with van der Waals surface area (Å²) in [6.07, 6.45) is 9.87. The van der Waals surface area contributed by atoms with Crippen molar-refractivity contribution in [2.24, 2.45) is 0 Å². The van der Waals surface area contributed by atoms with E-state index < -0.39 is 0 Å². The van der Waals surface area contributed by atoms with Gasteiger partial charge in [0.05, 0.1) is 6.10 Å². The molecule has 1 aliphatic rings. The van der Waals surface area contributed by atoms with Gasteiger partial charge in [-0.15, -0.1) is 0 Å². The van der Waals surface area contributed by atoms with Gasteiger partial charge in [-0.3, -0.25) is 0 Å². The van der Waals surface area contributed by atoms with Crippen molar-refractivity contribution in [1.29, 1.82) is 0 Å². The van der Waals surface area contributed by atoms with E-state index in [4.69, 9.17) is 4.74 Å². The smallest absolute Gasteiger partial charge is 0.0610 e. The molecule has 1 rings (SSSR count). The molecule has 0 unspecified atom stereocenters. The van der Waals surface area contributed by atoms with Crippen LogP contribution in [0.1, 0.15) is 19.3 Å². The van der Waals surface area contributed by atoms with Gasteiger partial charge in [0.1, 0.15) is 0 Å². The second kappa shape index (κ2) is 4.29. The van der Waals surface area contributed by atoms with E-state index in [1.54, 1.807) is 6.08 Å². The molecule has 0 aromatic carbocycles. The topological polar surface area (TPSA) is 9.23 Å². The fourth-order valence-electron chi connectivity index (χ4n) is 1.16. The van der Waals surface area contributed by atoms with Gasteiger partial charge in [-0.2, -0.15) is 0 Å². The minimum atomic E-state index is 0.483. The Balaban J connectivity index is 2.12. The fourth-order valence-corrected chi connectivity index (χ4v) is 1.16. The van der Waals surface area contributed by atoms with Crippen molar-refractivity contribution >= 4 is 0 Å². The quantitative estimate of drug-likeness (QED) is 0.544. The molecule has 0 amide bonds. The Morgan fingerprint density at radius 2 is 2.50 bits per heavy atom. The predicted octanol–water partition coefficient (Wildman–Crippen LogP) is 2.30. The molecule has 1 aliphatic heterocycles. The van der Waals surface area contributed by atoms with Crippen molar-refractivity contribution in [3.63, 3.8) is 0 Å². The second-order valence-electron chi connectivity index (χ2n) is 2.53. The van der Waals surface area contributed by atoms with Gasteiger partial charge in [0, 0.05) is 6.61 Å². The minimum absolute atomic E-state index is 0.483. The van der Waals surface area contributed by atoms with Crippen molar-refractivity contribution in [2.45, 2.75) is 25.4 Å². The molecule has 0 spiro atoms. The highest BCUT2D eigenvalue weighted by molar-refractivity contribution is 4.98. The molecule has 1 fully saturated rings. The number of rotatable bonds is 3.